The maximum Gasteiger partial charge on any atom is 0.341 e. The summed E-state index contributed by atoms with van der Waals surface area (Å²) in [5.41, 5.74) is -2.30. The Morgan fingerprint density at radius 3 is 2.64 bits per heavy atom. The van der Waals surface area contributed by atoms with E-state index in [1.54, 1.807) is 0 Å². The van der Waals surface area contributed by atoms with Gasteiger partial charge in [0.15, 0.2) is 5.60 Å². The summed E-state index contributed by atoms with van der Waals surface area (Å²) < 4.78 is 13.3. The Bertz CT molecular complexity index is 377. The van der Waals surface area contributed by atoms with Crippen molar-refractivity contribution in [3.05, 3.63) is 24.0 Å². The lowest BCUT2D eigenvalue weighted by Gasteiger charge is -2.26. The minimum atomic E-state index is -2.30. The van der Waals surface area contributed by atoms with E-state index in [0.29, 0.717) is 0 Å². The van der Waals surface area contributed by atoms with Crippen molar-refractivity contribution >= 4 is 11.9 Å². The Balaban J connectivity index is 3.21. The summed E-state index contributed by atoms with van der Waals surface area (Å²) >= 11 is 0. The van der Waals surface area contributed by atoms with Gasteiger partial charge in [0.05, 0.1) is 0 Å². The molecule has 1 rings (SSSR count). The average Bonchev–Trinajstić information content (AvgIpc) is 2.27. The van der Waals surface area contributed by atoms with Gasteiger partial charge in [-0.25, -0.2) is 4.79 Å². The molecule has 0 aromatic rings. The Morgan fingerprint density at radius 1 is 1.50 bits per heavy atom. The number of allylic oxidation sites excluding steroid dienone is 1. The largest absolute Gasteiger partial charge is 0.508 e. The fourth-order valence-electron chi connectivity index (χ4n) is 1.11. The number of aliphatic carboxylic acids is 2. The highest BCUT2D eigenvalue weighted by Crippen LogP contribution is 2.27. The van der Waals surface area contributed by atoms with Gasteiger partial charge < -0.3 is 20.4 Å². The molecule has 0 saturated heterocycles. The number of hydrogen-bond donors (Lipinski definition) is 4. The molecule has 1 aliphatic carbocycles. The predicted molar refractivity (Wildman–Crippen MR) is 43.6 cm³/mol. The number of carbonyl (C=O) groups is 2. The van der Waals surface area contributed by atoms with Gasteiger partial charge in [-0.05, 0) is 18.2 Å². The zero-order valence-corrected chi connectivity index (χ0v) is 6.84. The van der Waals surface area contributed by atoms with Crippen molar-refractivity contribution in [3.8, 4) is 0 Å². The molecule has 0 aliphatic heterocycles. The van der Waals surface area contributed by atoms with E-state index < -0.39 is 23.5 Å². The maximum atomic E-state index is 10.9. The van der Waals surface area contributed by atoms with Gasteiger partial charge in [0, 0.05) is 0 Å². The number of aliphatic hydroxyl groups excluding tert-OH is 1. The first-order valence-electron chi connectivity index (χ1n) is 4.44. The van der Waals surface area contributed by atoms with Gasteiger partial charge in [-0.3, -0.25) is 4.79 Å². The fourth-order valence-corrected chi connectivity index (χ4v) is 1.11. The van der Waals surface area contributed by atoms with Crippen molar-refractivity contribution in [2.75, 3.05) is 0 Å². The summed E-state index contributed by atoms with van der Waals surface area (Å²) in [6.07, 6.45) is 2.83. The molecule has 0 aromatic carbocycles. The van der Waals surface area contributed by atoms with E-state index in [2.05, 4.69) is 10.2 Å². The van der Waals surface area contributed by atoms with Crippen LogP contribution in [-0.2, 0) is 9.59 Å². The molecule has 0 fully saturated rings. The molecule has 1 aliphatic rings. The Labute approximate surface area is 81.4 Å². The molecule has 76 valence electrons. The van der Waals surface area contributed by atoms with Crippen molar-refractivity contribution in [3.63, 3.8) is 0 Å². The minimum absolute atomic E-state index is 0.124. The summed E-state index contributed by atoms with van der Waals surface area (Å²) in [5.74, 6) is -4.85. The fraction of sp³-hybridized carbons (Fsp3) is 0.250. The van der Waals surface area contributed by atoms with Gasteiger partial charge in [-0.1, -0.05) is 0 Å². The van der Waals surface area contributed by atoms with Gasteiger partial charge in [-0.15, -0.1) is 0 Å². The van der Waals surface area contributed by atoms with Gasteiger partial charge in [0.1, 0.15) is 11.7 Å². The van der Waals surface area contributed by atoms with Crippen LogP contribution in [0.3, 0.4) is 0 Å². The molecule has 0 radical (unpaired) electrons. The Hall–Kier alpha value is -1.82. The van der Waals surface area contributed by atoms with Crippen LogP contribution in [0.15, 0.2) is 24.0 Å². The Morgan fingerprint density at radius 2 is 2.21 bits per heavy atom. The van der Waals surface area contributed by atoms with Crippen LogP contribution in [0.4, 0.5) is 0 Å². The highest BCUT2D eigenvalue weighted by atomic mass is 16.4. The van der Waals surface area contributed by atoms with E-state index in [-0.39, 0.29) is 5.76 Å². The van der Waals surface area contributed by atoms with Crippen LogP contribution >= 0.6 is 0 Å². The zero-order chi connectivity index (χ0) is 12.3. The van der Waals surface area contributed by atoms with E-state index in [1.165, 1.54) is 0 Å². The first kappa shape index (κ1) is 7.57. The molecule has 0 amide bonds. The first-order valence-corrected chi connectivity index (χ1v) is 3.62. The lowest BCUT2D eigenvalue weighted by atomic mass is 9.83. The van der Waals surface area contributed by atoms with E-state index in [1.807, 2.05) is 0 Å². The van der Waals surface area contributed by atoms with Crippen LogP contribution in [0.5, 0.6) is 0 Å². The van der Waals surface area contributed by atoms with Crippen LogP contribution in [0.1, 0.15) is 0 Å². The lowest BCUT2D eigenvalue weighted by molar-refractivity contribution is -0.165. The molecule has 6 heteroatoms. The molecule has 4 N–H and O–H groups in total. The minimum Gasteiger partial charge on any atom is -0.508 e. The number of carboxylic acids is 2. The first-order chi connectivity index (χ1) is 7.47. The van der Waals surface area contributed by atoms with Gasteiger partial charge >= 0.3 is 11.9 Å². The van der Waals surface area contributed by atoms with Crippen molar-refractivity contribution in [1.82, 2.24) is 0 Å². The number of rotatable bonds is 4. The van der Waals surface area contributed by atoms with Gasteiger partial charge in [0.25, 0.3) is 1.43 Å². The second-order valence-electron chi connectivity index (χ2n) is 2.82. The second kappa shape index (κ2) is 3.15. The van der Waals surface area contributed by atoms with Crippen LogP contribution in [0.25, 0.3) is 1.43 Å². The molecule has 0 aromatic heterocycles. The number of carboxylic acid groups (broad SMARTS) is 2. The van der Waals surface area contributed by atoms with Crippen LogP contribution in [-0.4, -0.2) is 39.4 Å². The molecular formula is C8H8O6. The zero-order valence-electron chi connectivity index (χ0n) is 8.84. The summed E-state index contributed by atoms with van der Waals surface area (Å²) in [4.78, 5) is 21.8. The summed E-state index contributed by atoms with van der Waals surface area (Å²) in [6, 6.07) is 0. The van der Waals surface area contributed by atoms with Gasteiger partial charge in [0.2, 0.25) is 1.43 Å². The molecule has 14 heavy (non-hydrogen) atoms. The lowest BCUT2D eigenvalue weighted by Crippen LogP contribution is -2.48. The summed E-state index contributed by atoms with van der Waals surface area (Å²) in [7, 11) is 0. The second-order valence-corrected chi connectivity index (χ2v) is 2.82. The van der Waals surface area contributed by atoms with Crippen molar-refractivity contribution in [2.45, 2.75) is 5.60 Å². The third-order valence-electron chi connectivity index (χ3n) is 1.89. The normalized spacial score (nSPS) is 32.6. The summed E-state index contributed by atoms with van der Waals surface area (Å²) in [6.45, 7) is 0. The Kier molecular flexibility index (Phi) is 1.70. The van der Waals surface area contributed by atoms with Crippen LogP contribution in [0.2, 0.25) is 0 Å². The SMILES string of the molecule is [2H]OC1=CC(C(=O)O)C(O[2H])(C(=O)O)C=C1. The monoisotopic (exact) mass is 202 g/mol. The highest BCUT2D eigenvalue weighted by Gasteiger charge is 2.47. The van der Waals surface area contributed by atoms with Crippen molar-refractivity contribution in [2.24, 2.45) is 5.92 Å². The van der Waals surface area contributed by atoms with Crippen molar-refractivity contribution in [1.29, 1.82) is 2.86 Å². The molecule has 0 saturated carbocycles. The molecule has 2 unspecified atom stereocenters. The molecule has 0 bridgehead atoms. The van der Waals surface area contributed by atoms with E-state index in [9.17, 15) is 9.59 Å². The predicted octanol–water partition coefficient (Wildman–Crippen LogP) is -0.485. The number of hydrogen-bond acceptors (Lipinski definition) is 4. The van der Waals surface area contributed by atoms with Crippen LogP contribution < -0.4 is 0 Å². The van der Waals surface area contributed by atoms with E-state index in [0.717, 1.165) is 18.2 Å². The van der Waals surface area contributed by atoms with Crippen LogP contribution in [0, 0.1) is 5.92 Å². The summed E-state index contributed by atoms with van der Waals surface area (Å²) in [5, 5.41) is 25.8. The molecule has 0 spiro atoms. The topological polar surface area (TPSA) is 115 Å². The van der Waals surface area contributed by atoms with E-state index in [4.69, 9.17) is 13.1 Å². The quantitative estimate of drug-likeness (QED) is 0.489. The number of aliphatic hydroxyl groups is 2. The smallest absolute Gasteiger partial charge is 0.341 e. The van der Waals surface area contributed by atoms with Gasteiger partial charge in [-0.2, -0.15) is 0 Å². The maximum absolute atomic E-state index is 10.9. The highest BCUT2D eigenvalue weighted by molar-refractivity contribution is 5.89. The third kappa shape index (κ3) is 1.47. The molecule has 2 atom stereocenters. The standard InChI is InChI=1S/C8H8O6/c9-4-1-2-8(14,7(12)13)5(3-4)6(10)11/h1-3,5,9,14H,(H,10,11)(H,12,13)/i14D/hD. The van der Waals surface area contributed by atoms with Crippen molar-refractivity contribution < 1.29 is 30.0 Å². The molecule has 6 nitrogen and oxygen atoms in total. The third-order valence-corrected chi connectivity index (χ3v) is 1.89. The average molecular weight is 202 g/mol. The molecule has 0 heterocycles. The van der Waals surface area contributed by atoms with E-state index >= 15 is 0 Å². The molecular weight excluding hydrogens is 192 g/mol.